The summed E-state index contributed by atoms with van der Waals surface area (Å²) in [5.74, 6) is -0.0428. The summed E-state index contributed by atoms with van der Waals surface area (Å²) in [5, 5.41) is 2.80. The molecule has 0 bridgehead atoms. The fraction of sp³-hybridized carbons (Fsp3) is 0.917. The highest BCUT2D eigenvalue weighted by Gasteiger charge is 1.99. The molecule has 0 atom stereocenters. The molecule has 1 N–H and O–H groups in total. The predicted octanol–water partition coefficient (Wildman–Crippen LogP) is 0.972. The van der Waals surface area contributed by atoms with Crippen LogP contribution >= 0.6 is 0 Å². The number of carbonyl (C=O) groups is 1. The summed E-state index contributed by atoms with van der Waals surface area (Å²) in [7, 11) is 1.65. The van der Waals surface area contributed by atoms with Gasteiger partial charge in [-0.15, -0.1) is 0 Å². The zero-order valence-electron chi connectivity index (χ0n) is 11.0. The molecule has 0 aliphatic heterocycles. The van der Waals surface area contributed by atoms with Crippen LogP contribution in [-0.4, -0.2) is 52.6 Å². The smallest absolute Gasteiger partial charge is 0.245 e. The highest BCUT2D eigenvalue weighted by molar-refractivity contribution is 5.77. The van der Waals surface area contributed by atoms with Gasteiger partial charge in [0.15, 0.2) is 0 Å². The molecule has 0 spiro atoms. The molecule has 17 heavy (non-hydrogen) atoms. The minimum absolute atomic E-state index is 0.0428. The molecule has 0 saturated heterocycles. The van der Waals surface area contributed by atoms with E-state index in [1.54, 1.807) is 7.11 Å². The molecule has 0 aromatic rings. The predicted molar refractivity (Wildman–Crippen MR) is 66.0 cm³/mol. The highest BCUT2D eigenvalue weighted by Crippen LogP contribution is 1.89. The molecule has 0 aromatic carbocycles. The Labute approximate surface area is 104 Å². The lowest BCUT2D eigenvalue weighted by Crippen LogP contribution is -2.28. The molecule has 1 amide bonds. The summed E-state index contributed by atoms with van der Waals surface area (Å²) in [4.78, 5) is 11.2. The van der Waals surface area contributed by atoms with Crippen molar-refractivity contribution in [1.29, 1.82) is 0 Å². The molecule has 0 heterocycles. The minimum Gasteiger partial charge on any atom is -0.382 e. The van der Waals surface area contributed by atoms with E-state index in [9.17, 15) is 4.79 Å². The summed E-state index contributed by atoms with van der Waals surface area (Å²) in [5.41, 5.74) is 0. The third-order valence-electron chi connectivity index (χ3n) is 2.05. The van der Waals surface area contributed by atoms with E-state index in [1.807, 2.05) is 6.92 Å². The first-order valence-electron chi connectivity index (χ1n) is 6.22. The standard InChI is InChI=1S/C12H25NO4/c1-3-7-17-11-12(14)13-6-4-5-8-16-10-9-15-2/h3-11H2,1-2H3,(H,13,14). The van der Waals surface area contributed by atoms with Crippen LogP contribution in [0.2, 0.25) is 0 Å². The average Bonchev–Trinajstić information content (AvgIpc) is 2.33. The Morgan fingerprint density at radius 3 is 2.59 bits per heavy atom. The van der Waals surface area contributed by atoms with E-state index in [2.05, 4.69) is 5.32 Å². The van der Waals surface area contributed by atoms with E-state index in [0.29, 0.717) is 33.0 Å². The fourth-order valence-corrected chi connectivity index (χ4v) is 1.16. The van der Waals surface area contributed by atoms with Gasteiger partial charge in [-0.3, -0.25) is 4.79 Å². The van der Waals surface area contributed by atoms with Crippen molar-refractivity contribution in [3.63, 3.8) is 0 Å². The molecule has 0 aromatic heterocycles. The third-order valence-corrected chi connectivity index (χ3v) is 2.05. The maximum absolute atomic E-state index is 11.2. The van der Waals surface area contributed by atoms with Gasteiger partial charge in [0.05, 0.1) is 13.2 Å². The van der Waals surface area contributed by atoms with Gasteiger partial charge in [0, 0.05) is 26.9 Å². The zero-order chi connectivity index (χ0) is 12.8. The number of carbonyl (C=O) groups excluding carboxylic acids is 1. The molecule has 0 fully saturated rings. The van der Waals surface area contributed by atoms with E-state index in [-0.39, 0.29) is 12.5 Å². The van der Waals surface area contributed by atoms with E-state index in [0.717, 1.165) is 19.3 Å². The zero-order valence-corrected chi connectivity index (χ0v) is 11.0. The number of methoxy groups -OCH3 is 1. The summed E-state index contributed by atoms with van der Waals surface area (Å²) in [6, 6.07) is 0. The van der Waals surface area contributed by atoms with Gasteiger partial charge in [-0.25, -0.2) is 0 Å². The Morgan fingerprint density at radius 1 is 1.06 bits per heavy atom. The second-order valence-corrected chi connectivity index (χ2v) is 3.71. The van der Waals surface area contributed by atoms with E-state index in [1.165, 1.54) is 0 Å². The molecule has 0 aliphatic rings. The lowest BCUT2D eigenvalue weighted by Gasteiger charge is -2.06. The van der Waals surface area contributed by atoms with Crippen molar-refractivity contribution in [1.82, 2.24) is 5.32 Å². The Kier molecular flexibility index (Phi) is 12.9. The number of ether oxygens (including phenoxy) is 3. The number of amides is 1. The van der Waals surface area contributed by atoms with Crippen molar-refractivity contribution in [3.05, 3.63) is 0 Å². The van der Waals surface area contributed by atoms with Crippen molar-refractivity contribution in [3.8, 4) is 0 Å². The molecular formula is C12H25NO4. The summed E-state index contributed by atoms with van der Waals surface area (Å²) in [6.07, 6.45) is 2.80. The number of hydrogen-bond acceptors (Lipinski definition) is 4. The van der Waals surface area contributed by atoms with E-state index >= 15 is 0 Å². The molecule has 0 unspecified atom stereocenters. The highest BCUT2D eigenvalue weighted by atomic mass is 16.5. The maximum atomic E-state index is 11.2. The Hall–Kier alpha value is -0.650. The lowest BCUT2D eigenvalue weighted by molar-refractivity contribution is -0.125. The Bertz CT molecular complexity index is 176. The van der Waals surface area contributed by atoms with Crippen molar-refractivity contribution in [2.24, 2.45) is 0 Å². The van der Waals surface area contributed by atoms with Crippen LogP contribution in [0.25, 0.3) is 0 Å². The molecule has 0 radical (unpaired) electrons. The summed E-state index contributed by atoms with van der Waals surface area (Å²) >= 11 is 0. The van der Waals surface area contributed by atoms with Gasteiger partial charge in [0.2, 0.25) is 5.91 Å². The van der Waals surface area contributed by atoms with Crippen LogP contribution in [0.15, 0.2) is 0 Å². The van der Waals surface area contributed by atoms with Gasteiger partial charge >= 0.3 is 0 Å². The van der Waals surface area contributed by atoms with Crippen LogP contribution in [-0.2, 0) is 19.0 Å². The van der Waals surface area contributed by atoms with Gasteiger partial charge in [-0.05, 0) is 19.3 Å². The molecule has 5 nitrogen and oxygen atoms in total. The minimum atomic E-state index is -0.0428. The summed E-state index contributed by atoms with van der Waals surface area (Å²) < 4.78 is 15.3. The van der Waals surface area contributed by atoms with Gasteiger partial charge < -0.3 is 19.5 Å². The van der Waals surface area contributed by atoms with Crippen molar-refractivity contribution < 1.29 is 19.0 Å². The SMILES string of the molecule is CCCOCC(=O)NCCCCOCCOC. The summed E-state index contributed by atoms with van der Waals surface area (Å²) in [6.45, 7) is 5.48. The lowest BCUT2D eigenvalue weighted by atomic mass is 10.3. The normalized spacial score (nSPS) is 10.5. The molecule has 0 rings (SSSR count). The monoisotopic (exact) mass is 247 g/mol. The quantitative estimate of drug-likeness (QED) is 0.522. The van der Waals surface area contributed by atoms with Crippen LogP contribution in [0.4, 0.5) is 0 Å². The van der Waals surface area contributed by atoms with E-state index in [4.69, 9.17) is 14.2 Å². The first kappa shape index (κ1) is 16.4. The maximum Gasteiger partial charge on any atom is 0.245 e. The Balaban J connectivity index is 3.08. The molecular weight excluding hydrogens is 222 g/mol. The third kappa shape index (κ3) is 13.3. The number of hydrogen-bond donors (Lipinski definition) is 1. The second kappa shape index (κ2) is 13.4. The van der Waals surface area contributed by atoms with Gasteiger partial charge in [-0.2, -0.15) is 0 Å². The van der Waals surface area contributed by atoms with Crippen LogP contribution in [0.3, 0.4) is 0 Å². The molecule has 0 aliphatic carbocycles. The van der Waals surface area contributed by atoms with Crippen LogP contribution in [0.1, 0.15) is 26.2 Å². The number of rotatable bonds is 12. The van der Waals surface area contributed by atoms with Crippen molar-refractivity contribution >= 4 is 5.91 Å². The van der Waals surface area contributed by atoms with Crippen LogP contribution in [0.5, 0.6) is 0 Å². The molecule has 0 saturated carbocycles. The average molecular weight is 247 g/mol. The Morgan fingerprint density at radius 2 is 1.88 bits per heavy atom. The number of nitrogens with one attached hydrogen (secondary N) is 1. The largest absolute Gasteiger partial charge is 0.382 e. The second-order valence-electron chi connectivity index (χ2n) is 3.71. The van der Waals surface area contributed by atoms with Gasteiger partial charge in [0.25, 0.3) is 0 Å². The molecule has 5 heteroatoms. The fourth-order valence-electron chi connectivity index (χ4n) is 1.16. The van der Waals surface area contributed by atoms with E-state index < -0.39 is 0 Å². The van der Waals surface area contributed by atoms with Gasteiger partial charge in [0.1, 0.15) is 6.61 Å². The first-order chi connectivity index (χ1) is 8.31. The first-order valence-corrected chi connectivity index (χ1v) is 6.22. The van der Waals surface area contributed by atoms with Gasteiger partial charge in [-0.1, -0.05) is 6.92 Å². The van der Waals surface area contributed by atoms with Crippen LogP contribution < -0.4 is 5.32 Å². The van der Waals surface area contributed by atoms with Crippen molar-refractivity contribution in [2.45, 2.75) is 26.2 Å². The number of unbranched alkanes of at least 4 members (excludes halogenated alkanes) is 1. The molecule has 102 valence electrons. The topological polar surface area (TPSA) is 56.8 Å². The van der Waals surface area contributed by atoms with Crippen LogP contribution in [0, 0.1) is 0 Å². The van der Waals surface area contributed by atoms with Crippen molar-refractivity contribution in [2.75, 3.05) is 46.7 Å².